The third kappa shape index (κ3) is 6.05. The van der Waals surface area contributed by atoms with Gasteiger partial charge < -0.3 is 9.47 Å². The van der Waals surface area contributed by atoms with Crippen LogP contribution in [-0.2, 0) is 14.6 Å². The summed E-state index contributed by atoms with van der Waals surface area (Å²) in [6.07, 6.45) is 1.12. The van der Waals surface area contributed by atoms with Crippen molar-refractivity contribution < 1.29 is 22.7 Å². The van der Waals surface area contributed by atoms with Crippen LogP contribution < -0.4 is 9.64 Å². The van der Waals surface area contributed by atoms with Gasteiger partial charge in [0.1, 0.15) is 5.75 Å². The van der Waals surface area contributed by atoms with E-state index in [-0.39, 0.29) is 28.8 Å². The first-order valence-corrected chi connectivity index (χ1v) is 13.5. The zero-order valence-corrected chi connectivity index (χ0v) is 21.5. The van der Waals surface area contributed by atoms with Gasteiger partial charge in [0.2, 0.25) is 0 Å². The molecule has 34 heavy (non-hydrogen) atoms. The van der Waals surface area contributed by atoms with Crippen molar-refractivity contribution in [2.75, 3.05) is 57.2 Å². The van der Waals surface area contributed by atoms with Crippen molar-refractivity contribution in [3.63, 3.8) is 0 Å². The van der Waals surface area contributed by atoms with Crippen molar-refractivity contribution in [1.82, 2.24) is 9.88 Å². The van der Waals surface area contributed by atoms with Gasteiger partial charge in [0.05, 0.1) is 40.5 Å². The minimum absolute atomic E-state index is 0. The van der Waals surface area contributed by atoms with Gasteiger partial charge in [0.25, 0.3) is 5.91 Å². The van der Waals surface area contributed by atoms with Gasteiger partial charge in [-0.1, -0.05) is 23.5 Å². The Hall–Kier alpha value is -2.24. The first-order valence-electron chi connectivity index (χ1n) is 10.8. The summed E-state index contributed by atoms with van der Waals surface area (Å²) in [6.45, 7) is 6.40. The number of amides is 1. The third-order valence-electron chi connectivity index (χ3n) is 5.40. The Morgan fingerprint density at radius 1 is 1.21 bits per heavy atom. The van der Waals surface area contributed by atoms with Crippen LogP contribution >= 0.6 is 23.7 Å². The van der Waals surface area contributed by atoms with E-state index in [1.165, 1.54) is 17.4 Å². The molecule has 2 heterocycles. The SMILES string of the molecule is CCOc1ccc2nc(N(CCN3CCOCC3)C(=O)c3ccccc3S(C)(=O)=O)sc2c1.Cl. The number of nitrogens with zero attached hydrogens (tertiary/aromatic N) is 3. The number of morpholine rings is 1. The number of anilines is 1. The van der Waals surface area contributed by atoms with Crippen LogP contribution in [0, 0.1) is 0 Å². The second kappa shape index (κ2) is 11.5. The molecule has 0 aliphatic carbocycles. The first-order chi connectivity index (χ1) is 15.9. The molecule has 8 nitrogen and oxygen atoms in total. The van der Waals surface area contributed by atoms with Crippen molar-refractivity contribution in [3.05, 3.63) is 48.0 Å². The van der Waals surface area contributed by atoms with Gasteiger partial charge in [-0.05, 0) is 37.3 Å². The van der Waals surface area contributed by atoms with Crippen LogP contribution in [0.4, 0.5) is 5.13 Å². The molecule has 0 radical (unpaired) electrons. The number of fused-ring (bicyclic) bond motifs is 1. The minimum atomic E-state index is -3.57. The molecular weight excluding hydrogens is 498 g/mol. The van der Waals surface area contributed by atoms with Gasteiger partial charge in [0.15, 0.2) is 15.0 Å². The van der Waals surface area contributed by atoms with E-state index < -0.39 is 9.84 Å². The van der Waals surface area contributed by atoms with E-state index in [1.807, 2.05) is 25.1 Å². The zero-order valence-electron chi connectivity index (χ0n) is 19.1. The van der Waals surface area contributed by atoms with E-state index in [1.54, 1.807) is 23.1 Å². The van der Waals surface area contributed by atoms with Gasteiger partial charge >= 0.3 is 0 Å². The monoisotopic (exact) mass is 525 g/mol. The van der Waals surface area contributed by atoms with Crippen LogP contribution in [-0.4, -0.2) is 76.5 Å². The molecule has 0 saturated carbocycles. The molecule has 1 aliphatic rings. The summed E-state index contributed by atoms with van der Waals surface area (Å²) >= 11 is 1.39. The molecule has 1 saturated heterocycles. The predicted octanol–water partition coefficient (Wildman–Crippen LogP) is 3.50. The fourth-order valence-electron chi connectivity index (χ4n) is 3.73. The van der Waals surface area contributed by atoms with E-state index in [4.69, 9.17) is 14.5 Å². The first kappa shape index (κ1) is 26.4. The summed E-state index contributed by atoms with van der Waals surface area (Å²) in [5.74, 6) is 0.363. The Labute approximate surface area is 209 Å². The normalized spacial score (nSPS) is 14.5. The fraction of sp³-hybridized carbons (Fsp3) is 0.391. The molecule has 2 aromatic carbocycles. The number of rotatable bonds is 8. The molecule has 4 rings (SSSR count). The quantitative estimate of drug-likeness (QED) is 0.444. The highest BCUT2D eigenvalue weighted by Gasteiger charge is 2.27. The van der Waals surface area contributed by atoms with Crippen LogP contribution in [0.2, 0.25) is 0 Å². The molecule has 3 aromatic rings. The topological polar surface area (TPSA) is 89.0 Å². The van der Waals surface area contributed by atoms with Crippen molar-refractivity contribution in [2.24, 2.45) is 0 Å². The average molecular weight is 526 g/mol. The Bertz CT molecular complexity index is 1240. The Kier molecular flexibility index (Phi) is 8.89. The summed E-state index contributed by atoms with van der Waals surface area (Å²) in [6, 6.07) is 12.0. The lowest BCUT2D eigenvalue weighted by molar-refractivity contribution is 0.0391. The molecule has 11 heteroatoms. The van der Waals surface area contributed by atoms with Crippen molar-refractivity contribution in [3.8, 4) is 5.75 Å². The Morgan fingerprint density at radius 2 is 1.94 bits per heavy atom. The fourth-order valence-corrected chi connectivity index (χ4v) is 5.63. The molecule has 1 aliphatic heterocycles. The van der Waals surface area contributed by atoms with Crippen molar-refractivity contribution in [1.29, 1.82) is 0 Å². The summed E-state index contributed by atoms with van der Waals surface area (Å²) < 4.78 is 36.6. The molecule has 0 spiro atoms. The van der Waals surface area contributed by atoms with E-state index in [9.17, 15) is 13.2 Å². The molecule has 184 valence electrons. The highest BCUT2D eigenvalue weighted by atomic mass is 35.5. The lowest BCUT2D eigenvalue weighted by Gasteiger charge is -2.29. The number of benzene rings is 2. The zero-order chi connectivity index (χ0) is 23.4. The van der Waals surface area contributed by atoms with Gasteiger partial charge in [-0.25, -0.2) is 13.4 Å². The number of carbonyl (C=O) groups is 1. The van der Waals surface area contributed by atoms with E-state index in [2.05, 4.69) is 4.90 Å². The standard InChI is InChI=1S/C23H27N3O5S2.ClH/c1-3-31-17-8-9-19-20(16-17)32-23(24-19)26(11-10-25-12-14-30-15-13-25)22(27)18-6-4-5-7-21(18)33(2,28)29;/h4-9,16H,3,10-15H2,1-2H3;1H. The second-order valence-electron chi connectivity index (χ2n) is 7.74. The maximum Gasteiger partial charge on any atom is 0.261 e. The molecule has 0 atom stereocenters. The van der Waals surface area contributed by atoms with Gasteiger partial charge in [-0.15, -0.1) is 12.4 Å². The Morgan fingerprint density at radius 3 is 2.65 bits per heavy atom. The van der Waals surface area contributed by atoms with Crippen LogP contribution in [0.1, 0.15) is 17.3 Å². The number of ether oxygens (including phenoxy) is 2. The average Bonchev–Trinajstić information content (AvgIpc) is 3.22. The number of aromatic nitrogens is 1. The van der Waals surface area contributed by atoms with E-state index in [0.717, 1.165) is 35.3 Å². The van der Waals surface area contributed by atoms with Crippen molar-refractivity contribution >= 4 is 54.8 Å². The van der Waals surface area contributed by atoms with Gasteiger partial charge in [-0.3, -0.25) is 14.6 Å². The lowest BCUT2D eigenvalue weighted by atomic mass is 10.2. The summed E-state index contributed by atoms with van der Waals surface area (Å²) in [5, 5.41) is 0.528. The molecular formula is C23H28ClN3O5S2. The number of thiazole rings is 1. The number of halogens is 1. The maximum atomic E-state index is 13.7. The molecule has 1 amide bonds. The maximum absolute atomic E-state index is 13.7. The second-order valence-corrected chi connectivity index (χ2v) is 10.7. The molecule has 0 N–H and O–H groups in total. The van der Waals surface area contributed by atoms with Crippen LogP contribution in [0.5, 0.6) is 5.75 Å². The predicted molar refractivity (Wildman–Crippen MR) is 137 cm³/mol. The third-order valence-corrected chi connectivity index (χ3v) is 7.59. The van der Waals surface area contributed by atoms with Gasteiger partial charge in [0, 0.05) is 32.4 Å². The molecule has 1 aromatic heterocycles. The Balaban J connectivity index is 0.00000324. The van der Waals surface area contributed by atoms with Crippen LogP contribution in [0.15, 0.2) is 47.4 Å². The van der Waals surface area contributed by atoms with Crippen LogP contribution in [0.25, 0.3) is 10.2 Å². The minimum Gasteiger partial charge on any atom is -0.494 e. The van der Waals surface area contributed by atoms with E-state index in [0.29, 0.717) is 38.0 Å². The largest absolute Gasteiger partial charge is 0.494 e. The smallest absolute Gasteiger partial charge is 0.261 e. The molecule has 0 unspecified atom stereocenters. The van der Waals surface area contributed by atoms with Gasteiger partial charge in [-0.2, -0.15) is 0 Å². The summed E-state index contributed by atoms with van der Waals surface area (Å²) in [7, 11) is -3.57. The molecule has 0 bridgehead atoms. The number of sulfone groups is 1. The number of hydrogen-bond acceptors (Lipinski definition) is 8. The van der Waals surface area contributed by atoms with E-state index >= 15 is 0 Å². The highest BCUT2D eigenvalue weighted by molar-refractivity contribution is 7.90. The number of carbonyl (C=O) groups excluding carboxylic acids is 1. The molecule has 1 fully saturated rings. The highest BCUT2D eigenvalue weighted by Crippen LogP contribution is 2.33. The summed E-state index contributed by atoms with van der Waals surface area (Å²) in [4.78, 5) is 22.2. The van der Waals surface area contributed by atoms with Crippen molar-refractivity contribution in [2.45, 2.75) is 11.8 Å². The summed E-state index contributed by atoms with van der Waals surface area (Å²) in [5.41, 5.74) is 0.912. The number of hydrogen-bond donors (Lipinski definition) is 0. The lowest BCUT2D eigenvalue weighted by Crippen LogP contribution is -2.43. The van der Waals surface area contributed by atoms with Crippen LogP contribution in [0.3, 0.4) is 0 Å².